The predicted octanol–water partition coefficient (Wildman–Crippen LogP) is 1.49. The first-order valence-electron chi connectivity index (χ1n) is 18.9. The number of rotatable bonds is 26. The summed E-state index contributed by atoms with van der Waals surface area (Å²) in [6.45, 7) is 11.7. The van der Waals surface area contributed by atoms with Crippen molar-refractivity contribution in [2.24, 2.45) is 35.0 Å². The second-order valence-electron chi connectivity index (χ2n) is 14.3. The van der Waals surface area contributed by atoms with Gasteiger partial charge in [-0.25, -0.2) is 0 Å². The maximum atomic E-state index is 14.0. The Kier molecular flexibility index (Phi) is 22.6. The molecule has 300 valence electrons. The van der Waals surface area contributed by atoms with E-state index in [0.29, 0.717) is 44.4 Å². The van der Waals surface area contributed by atoms with E-state index in [1.165, 1.54) is 11.8 Å². The van der Waals surface area contributed by atoms with E-state index in [0.717, 1.165) is 12.0 Å². The van der Waals surface area contributed by atoms with Crippen molar-refractivity contribution in [3.63, 3.8) is 0 Å². The third kappa shape index (κ3) is 17.3. The van der Waals surface area contributed by atoms with Crippen LogP contribution in [0.1, 0.15) is 92.1 Å². The zero-order valence-electron chi connectivity index (χ0n) is 32.7. The summed E-state index contributed by atoms with van der Waals surface area (Å²) in [5, 5.41) is 14.0. The van der Waals surface area contributed by atoms with E-state index in [2.05, 4.69) is 26.6 Å². The van der Waals surface area contributed by atoms with Gasteiger partial charge in [0.05, 0.1) is 6.04 Å². The van der Waals surface area contributed by atoms with Crippen molar-refractivity contribution in [1.29, 1.82) is 0 Å². The summed E-state index contributed by atoms with van der Waals surface area (Å²) in [5.41, 5.74) is 18.0. The van der Waals surface area contributed by atoms with E-state index in [4.69, 9.17) is 17.2 Å². The first-order chi connectivity index (χ1) is 25.1. The van der Waals surface area contributed by atoms with Gasteiger partial charge in [0.15, 0.2) is 0 Å². The van der Waals surface area contributed by atoms with Crippen LogP contribution in [0.2, 0.25) is 0 Å². The van der Waals surface area contributed by atoms with Gasteiger partial charge >= 0.3 is 0 Å². The lowest BCUT2D eigenvalue weighted by Crippen LogP contribution is -2.61. The van der Waals surface area contributed by atoms with Crippen molar-refractivity contribution in [3.05, 3.63) is 35.9 Å². The highest BCUT2D eigenvalue weighted by molar-refractivity contribution is 7.98. The average Bonchev–Trinajstić information content (AvgIpc) is 3.12. The maximum Gasteiger partial charge on any atom is 0.243 e. The molecule has 0 heterocycles. The molecule has 0 aromatic heterocycles. The number of nitrogens with one attached hydrogen (secondary N) is 5. The molecule has 1 aromatic carbocycles. The number of carbonyl (C=O) groups excluding carboxylic acids is 6. The number of hydrogen-bond acceptors (Lipinski definition) is 9. The Hall–Kier alpha value is -3.69. The molecule has 15 heteroatoms. The van der Waals surface area contributed by atoms with Crippen LogP contribution in [0.4, 0.5) is 0 Å². The molecule has 0 aliphatic heterocycles. The first kappa shape index (κ1) is 47.3. The molecule has 0 aliphatic carbocycles. The van der Waals surface area contributed by atoms with Gasteiger partial charge in [-0.3, -0.25) is 28.8 Å². The van der Waals surface area contributed by atoms with Gasteiger partial charge in [0.25, 0.3) is 0 Å². The van der Waals surface area contributed by atoms with Crippen molar-refractivity contribution >= 4 is 47.2 Å². The molecule has 1 aromatic rings. The van der Waals surface area contributed by atoms with Crippen LogP contribution >= 0.6 is 11.8 Å². The summed E-state index contributed by atoms with van der Waals surface area (Å²) in [6, 6.07) is 3.24. The van der Waals surface area contributed by atoms with E-state index >= 15 is 0 Å². The molecule has 0 saturated carbocycles. The number of unbranched alkanes of at least 4 members (excludes halogenated alkanes) is 1. The highest BCUT2D eigenvalue weighted by atomic mass is 32.2. The van der Waals surface area contributed by atoms with Crippen molar-refractivity contribution in [2.75, 3.05) is 18.6 Å². The van der Waals surface area contributed by atoms with Crippen molar-refractivity contribution in [1.82, 2.24) is 26.6 Å². The molecule has 6 amide bonds. The highest BCUT2D eigenvalue weighted by Crippen LogP contribution is 2.14. The van der Waals surface area contributed by atoms with Gasteiger partial charge in [0.2, 0.25) is 35.4 Å². The quantitative estimate of drug-likeness (QED) is 0.0637. The summed E-state index contributed by atoms with van der Waals surface area (Å²) in [7, 11) is 0. The highest BCUT2D eigenvalue weighted by Gasteiger charge is 2.35. The third-order valence-corrected chi connectivity index (χ3v) is 10.1. The molecule has 0 spiro atoms. The van der Waals surface area contributed by atoms with Gasteiger partial charge in [-0.1, -0.05) is 91.1 Å². The zero-order valence-corrected chi connectivity index (χ0v) is 33.6. The maximum absolute atomic E-state index is 14.0. The number of nitrogens with two attached hydrogens (primary N) is 3. The Morgan fingerprint density at radius 3 is 1.75 bits per heavy atom. The minimum atomic E-state index is -1.13. The van der Waals surface area contributed by atoms with Crippen LogP contribution in [0.3, 0.4) is 0 Å². The van der Waals surface area contributed by atoms with Crippen LogP contribution in [0.15, 0.2) is 30.3 Å². The molecular weight excluding hydrogens is 697 g/mol. The second-order valence-corrected chi connectivity index (χ2v) is 15.3. The molecule has 0 unspecified atom stereocenters. The number of hydrogen-bond donors (Lipinski definition) is 8. The topological polar surface area (TPSA) is 241 Å². The average molecular weight is 763 g/mol. The second kappa shape index (κ2) is 25.4. The van der Waals surface area contributed by atoms with Crippen LogP contribution in [0.5, 0.6) is 0 Å². The number of primary amides is 1. The van der Waals surface area contributed by atoms with Gasteiger partial charge in [-0.05, 0) is 67.6 Å². The largest absolute Gasteiger partial charge is 0.368 e. The van der Waals surface area contributed by atoms with Gasteiger partial charge in [0, 0.05) is 6.42 Å². The standard InChI is InChI=1S/C38H66N8O6S/c1-8-24(5)31(33(41)47)45-38(52)32(25(6)9-2)46-37(51)30(22-26-15-11-10-12-16-26)44-35(49)28(18-20-53-7)42-36(50)29(21-23(3)4)43-34(48)27(40)17-13-14-19-39/h10-12,15-16,23-25,27-32H,8-9,13-14,17-22,39-40H2,1-7H3,(H2,41,47)(H,42,50)(H,43,48)(H,44,49)(H,45,52)(H,46,51)/t24-,25-,27-,28-,29-,30-,31-,32-/m0/s1. The minimum absolute atomic E-state index is 0.0380. The van der Waals surface area contributed by atoms with Crippen molar-refractivity contribution in [3.8, 4) is 0 Å². The molecule has 0 radical (unpaired) electrons. The van der Waals surface area contributed by atoms with Crippen molar-refractivity contribution < 1.29 is 28.8 Å². The molecule has 0 fully saturated rings. The summed E-state index contributed by atoms with van der Waals surface area (Å²) < 4.78 is 0. The van der Waals surface area contributed by atoms with E-state index < -0.39 is 71.7 Å². The number of carbonyl (C=O) groups is 6. The Morgan fingerprint density at radius 2 is 1.21 bits per heavy atom. The molecule has 0 aliphatic rings. The zero-order chi connectivity index (χ0) is 40.1. The number of amides is 6. The minimum Gasteiger partial charge on any atom is -0.368 e. The molecular formula is C38H66N8O6S. The smallest absolute Gasteiger partial charge is 0.243 e. The molecule has 1 rings (SSSR count). The lowest BCUT2D eigenvalue weighted by molar-refractivity contribution is -0.136. The van der Waals surface area contributed by atoms with Gasteiger partial charge < -0.3 is 43.8 Å². The van der Waals surface area contributed by atoms with Gasteiger partial charge in [-0.2, -0.15) is 11.8 Å². The molecule has 11 N–H and O–H groups in total. The van der Waals surface area contributed by atoms with E-state index in [1.807, 2.05) is 78.1 Å². The number of benzene rings is 1. The fourth-order valence-electron chi connectivity index (χ4n) is 5.66. The lowest BCUT2D eigenvalue weighted by atomic mass is 9.94. The normalized spacial score (nSPS) is 15.8. The molecule has 0 bridgehead atoms. The fourth-order valence-corrected chi connectivity index (χ4v) is 6.13. The lowest BCUT2D eigenvalue weighted by Gasteiger charge is -2.30. The summed E-state index contributed by atoms with van der Waals surface area (Å²) in [5.74, 6) is -3.41. The number of thioether (sulfide) groups is 1. The summed E-state index contributed by atoms with van der Waals surface area (Å²) in [4.78, 5) is 80.4. The van der Waals surface area contributed by atoms with Crippen molar-refractivity contribution in [2.45, 2.75) is 129 Å². The van der Waals surface area contributed by atoms with E-state index in [1.54, 1.807) is 0 Å². The molecule has 8 atom stereocenters. The predicted molar refractivity (Wildman–Crippen MR) is 211 cm³/mol. The Labute approximate surface area is 320 Å². The Balaban J connectivity index is 3.36. The fraction of sp³-hybridized carbons (Fsp3) is 0.684. The van der Waals surface area contributed by atoms with Crippen LogP contribution in [-0.2, 0) is 35.2 Å². The Bertz CT molecular complexity index is 1300. The van der Waals surface area contributed by atoms with E-state index in [-0.39, 0.29) is 30.6 Å². The van der Waals surface area contributed by atoms with Gasteiger partial charge in [0.1, 0.15) is 30.2 Å². The summed E-state index contributed by atoms with van der Waals surface area (Å²) >= 11 is 1.49. The van der Waals surface area contributed by atoms with E-state index in [9.17, 15) is 28.8 Å². The van der Waals surface area contributed by atoms with Gasteiger partial charge in [-0.15, -0.1) is 0 Å². The summed E-state index contributed by atoms with van der Waals surface area (Å²) in [6.07, 6.45) is 5.50. The van der Waals surface area contributed by atoms with Crippen LogP contribution in [0.25, 0.3) is 0 Å². The van der Waals surface area contributed by atoms with Crippen LogP contribution in [0, 0.1) is 17.8 Å². The monoisotopic (exact) mass is 762 g/mol. The Morgan fingerprint density at radius 1 is 0.679 bits per heavy atom. The van der Waals surface area contributed by atoms with Crippen LogP contribution in [-0.4, -0.2) is 90.2 Å². The third-order valence-electron chi connectivity index (χ3n) is 9.42. The van der Waals surface area contributed by atoms with Crippen LogP contribution < -0.4 is 43.8 Å². The SMILES string of the molecule is CC[C@H](C)[C@H](NC(=O)[C@@H](NC(=O)[C@H](Cc1ccccc1)NC(=O)[C@H](CCSC)NC(=O)[C@H](CC(C)C)NC(=O)[C@@H](N)CCCCN)[C@@H](C)CC)C(N)=O. The molecule has 14 nitrogen and oxygen atoms in total. The molecule has 0 saturated heterocycles. The first-order valence-corrected chi connectivity index (χ1v) is 20.3. The molecule has 53 heavy (non-hydrogen) atoms.